The number of aliphatic imine (C=N–C) groups is 1. The Morgan fingerprint density at radius 2 is 1.88 bits per heavy atom. The molecule has 0 saturated carbocycles. The SMILES string of the molecule is CN=C(NCCCOc1cc(OC)cc(OC)c1)NC1CC2CCC1O2. The molecule has 26 heavy (non-hydrogen) atoms. The number of ether oxygens (including phenoxy) is 4. The van der Waals surface area contributed by atoms with Gasteiger partial charge in [-0.2, -0.15) is 0 Å². The monoisotopic (exact) mass is 363 g/mol. The van der Waals surface area contributed by atoms with Crippen molar-refractivity contribution in [2.45, 2.75) is 43.9 Å². The van der Waals surface area contributed by atoms with Crippen LogP contribution in [0.25, 0.3) is 0 Å². The number of rotatable bonds is 8. The van der Waals surface area contributed by atoms with E-state index in [-0.39, 0.29) is 0 Å². The van der Waals surface area contributed by atoms with Crippen molar-refractivity contribution in [3.63, 3.8) is 0 Å². The molecule has 2 N–H and O–H groups in total. The molecular weight excluding hydrogens is 334 g/mol. The van der Waals surface area contributed by atoms with Crippen LogP contribution in [0.5, 0.6) is 17.2 Å². The third kappa shape index (κ3) is 4.72. The Morgan fingerprint density at radius 1 is 1.15 bits per heavy atom. The van der Waals surface area contributed by atoms with Crippen molar-refractivity contribution < 1.29 is 18.9 Å². The van der Waals surface area contributed by atoms with Gasteiger partial charge in [0.2, 0.25) is 0 Å². The first-order valence-electron chi connectivity index (χ1n) is 9.20. The summed E-state index contributed by atoms with van der Waals surface area (Å²) in [5.41, 5.74) is 0. The highest BCUT2D eigenvalue weighted by atomic mass is 16.5. The van der Waals surface area contributed by atoms with E-state index in [1.807, 2.05) is 18.2 Å². The second-order valence-electron chi connectivity index (χ2n) is 6.61. The lowest BCUT2D eigenvalue weighted by atomic mass is 9.96. The first-order chi connectivity index (χ1) is 12.7. The van der Waals surface area contributed by atoms with Crippen molar-refractivity contribution in [2.24, 2.45) is 4.99 Å². The molecule has 7 heteroatoms. The highest BCUT2D eigenvalue weighted by molar-refractivity contribution is 5.80. The fraction of sp³-hybridized carbons (Fsp3) is 0.632. The lowest BCUT2D eigenvalue weighted by Gasteiger charge is -2.22. The molecule has 2 saturated heterocycles. The molecule has 144 valence electrons. The average molecular weight is 363 g/mol. The van der Waals surface area contributed by atoms with Crippen LogP contribution in [-0.2, 0) is 4.74 Å². The summed E-state index contributed by atoms with van der Waals surface area (Å²) >= 11 is 0. The van der Waals surface area contributed by atoms with Crippen molar-refractivity contribution in [2.75, 3.05) is 34.4 Å². The molecule has 3 atom stereocenters. The third-order valence-electron chi connectivity index (χ3n) is 4.86. The van der Waals surface area contributed by atoms with E-state index in [9.17, 15) is 0 Å². The molecule has 3 unspecified atom stereocenters. The van der Waals surface area contributed by atoms with Gasteiger partial charge in [0.25, 0.3) is 0 Å². The third-order valence-corrected chi connectivity index (χ3v) is 4.86. The molecule has 0 aromatic heterocycles. The maximum absolute atomic E-state index is 5.87. The number of hydrogen-bond donors (Lipinski definition) is 2. The van der Waals surface area contributed by atoms with Crippen molar-refractivity contribution in [3.8, 4) is 17.2 Å². The van der Waals surface area contributed by atoms with Crippen LogP contribution in [0.3, 0.4) is 0 Å². The molecule has 1 aromatic rings. The number of methoxy groups -OCH3 is 2. The first-order valence-corrected chi connectivity index (χ1v) is 9.20. The summed E-state index contributed by atoms with van der Waals surface area (Å²) in [5.74, 6) is 3.00. The number of nitrogens with one attached hydrogen (secondary N) is 2. The summed E-state index contributed by atoms with van der Waals surface area (Å²) < 4.78 is 22.2. The molecular formula is C19H29N3O4. The Morgan fingerprint density at radius 3 is 2.46 bits per heavy atom. The second kappa shape index (κ2) is 8.98. The Kier molecular flexibility index (Phi) is 6.44. The number of nitrogens with zero attached hydrogens (tertiary/aromatic N) is 1. The van der Waals surface area contributed by atoms with Crippen molar-refractivity contribution >= 4 is 5.96 Å². The van der Waals surface area contributed by atoms with Crippen LogP contribution in [0, 0.1) is 0 Å². The molecule has 2 bridgehead atoms. The highest BCUT2D eigenvalue weighted by Crippen LogP contribution is 2.34. The van der Waals surface area contributed by atoms with Crippen LogP contribution in [0.1, 0.15) is 25.7 Å². The van der Waals surface area contributed by atoms with E-state index in [4.69, 9.17) is 18.9 Å². The van der Waals surface area contributed by atoms with Crippen molar-refractivity contribution in [1.29, 1.82) is 0 Å². The van der Waals surface area contributed by atoms with Crippen LogP contribution in [0.2, 0.25) is 0 Å². The van der Waals surface area contributed by atoms with Gasteiger partial charge in [-0.1, -0.05) is 0 Å². The fourth-order valence-electron chi connectivity index (χ4n) is 3.49. The number of benzene rings is 1. The van der Waals surface area contributed by atoms with Crippen molar-refractivity contribution in [1.82, 2.24) is 10.6 Å². The van der Waals surface area contributed by atoms with E-state index in [1.54, 1.807) is 21.3 Å². The molecule has 0 amide bonds. The molecule has 2 aliphatic rings. The van der Waals surface area contributed by atoms with Gasteiger partial charge >= 0.3 is 0 Å². The maximum Gasteiger partial charge on any atom is 0.191 e. The van der Waals surface area contributed by atoms with Gasteiger partial charge in [-0.25, -0.2) is 0 Å². The summed E-state index contributed by atoms with van der Waals surface area (Å²) in [4.78, 5) is 4.30. The largest absolute Gasteiger partial charge is 0.496 e. The molecule has 2 heterocycles. The number of hydrogen-bond acceptors (Lipinski definition) is 5. The van der Waals surface area contributed by atoms with Crippen molar-refractivity contribution in [3.05, 3.63) is 18.2 Å². The number of fused-ring (bicyclic) bond motifs is 2. The van der Waals surface area contributed by atoms with Gasteiger partial charge in [-0.05, 0) is 25.7 Å². The minimum atomic E-state index is 0.338. The van der Waals surface area contributed by atoms with E-state index in [2.05, 4.69) is 15.6 Å². The van der Waals surface area contributed by atoms with Gasteiger partial charge < -0.3 is 29.6 Å². The van der Waals surface area contributed by atoms with Gasteiger partial charge in [-0.15, -0.1) is 0 Å². The van der Waals surface area contributed by atoms with Gasteiger partial charge in [0.15, 0.2) is 5.96 Å². The summed E-state index contributed by atoms with van der Waals surface area (Å²) in [6.45, 7) is 1.38. The standard InChI is InChI=1S/C19H29N3O4/c1-20-19(22-17-12-13-5-6-18(17)26-13)21-7-4-8-25-16-10-14(23-2)9-15(11-16)24-3/h9-11,13,17-18H,4-8,12H2,1-3H3,(H2,20,21,22). The predicted octanol–water partition coefficient (Wildman–Crippen LogP) is 1.96. The lowest BCUT2D eigenvalue weighted by molar-refractivity contribution is 0.0992. The van der Waals surface area contributed by atoms with Gasteiger partial charge in [-0.3, -0.25) is 4.99 Å². The zero-order valence-electron chi connectivity index (χ0n) is 15.8. The van der Waals surface area contributed by atoms with E-state index in [0.29, 0.717) is 24.9 Å². The number of guanidine groups is 1. The van der Waals surface area contributed by atoms with Crippen LogP contribution in [-0.4, -0.2) is 58.6 Å². The Bertz CT molecular complexity index is 601. The van der Waals surface area contributed by atoms with Crippen LogP contribution < -0.4 is 24.8 Å². The summed E-state index contributed by atoms with van der Waals surface area (Å²) in [5, 5.41) is 6.82. The minimum absolute atomic E-state index is 0.338. The van der Waals surface area contributed by atoms with Gasteiger partial charge in [0.1, 0.15) is 17.2 Å². The van der Waals surface area contributed by atoms with E-state index in [0.717, 1.165) is 49.0 Å². The first kappa shape index (κ1) is 18.6. The molecule has 7 nitrogen and oxygen atoms in total. The topological polar surface area (TPSA) is 73.3 Å². The highest BCUT2D eigenvalue weighted by Gasteiger charge is 2.41. The molecule has 0 aliphatic carbocycles. The summed E-state index contributed by atoms with van der Waals surface area (Å²) in [7, 11) is 5.05. The molecule has 0 radical (unpaired) electrons. The van der Waals surface area contributed by atoms with Gasteiger partial charge in [0.05, 0.1) is 39.1 Å². The molecule has 2 fully saturated rings. The maximum atomic E-state index is 5.87. The Hall–Kier alpha value is -2.15. The fourth-order valence-corrected chi connectivity index (χ4v) is 3.49. The molecule has 2 aliphatic heterocycles. The zero-order chi connectivity index (χ0) is 18.4. The summed E-state index contributed by atoms with van der Waals surface area (Å²) in [6, 6.07) is 5.90. The zero-order valence-corrected chi connectivity index (χ0v) is 15.8. The quantitative estimate of drug-likeness (QED) is 0.418. The molecule has 1 aromatic carbocycles. The average Bonchev–Trinajstić information content (AvgIpc) is 3.29. The Balaban J connectivity index is 1.37. The smallest absolute Gasteiger partial charge is 0.191 e. The van der Waals surface area contributed by atoms with Crippen LogP contribution in [0.15, 0.2) is 23.2 Å². The lowest BCUT2D eigenvalue weighted by Crippen LogP contribution is -2.47. The minimum Gasteiger partial charge on any atom is -0.496 e. The molecule has 0 spiro atoms. The molecule has 3 rings (SSSR count). The summed E-state index contributed by atoms with van der Waals surface area (Å²) in [6.07, 6.45) is 5.05. The van der Waals surface area contributed by atoms with E-state index in [1.165, 1.54) is 6.42 Å². The predicted molar refractivity (Wildman–Crippen MR) is 100 cm³/mol. The van der Waals surface area contributed by atoms with Crippen LogP contribution in [0.4, 0.5) is 0 Å². The van der Waals surface area contributed by atoms with Crippen LogP contribution >= 0.6 is 0 Å². The normalized spacial score (nSPS) is 24.4. The van der Waals surface area contributed by atoms with E-state index >= 15 is 0 Å². The second-order valence-corrected chi connectivity index (χ2v) is 6.61. The Labute approximate surface area is 155 Å². The van der Waals surface area contributed by atoms with E-state index < -0.39 is 0 Å². The van der Waals surface area contributed by atoms with Gasteiger partial charge in [0, 0.05) is 31.8 Å².